The zero-order valence-electron chi connectivity index (χ0n) is 19.4. The Morgan fingerprint density at radius 2 is 1.85 bits per heavy atom. The van der Waals surface area contributed by atoms with Crippen LogP contribution in [0.1, 0.15) is 48.3 Å². The third-order valence-corrected chi connectivity index (χ3v) is 6.03. The van der Waals surface area contributed by atoms with Crippen molar-refractivity contribution in [3.8, 4) is 0 Å². The topological polar surface area (TPSA) is 83.5 Å². The molecule has 1 saturated heterocycles. The van der Waals surface area contributed by atoms with Crippen LogP contribution in [-0.2, 0) is 20.1 Å². The van der Waals surface area contributed by atoms with Gasteiger partial charge in [0.1, 0.15) is 11.6 Å². The number of aryl methyl sites for hydroxylation is 1. The molecule has 1 aromatic carbocycles. The van der Waals surface area contributed by atoms with Gasteiger partial charge in [0.15, 0.2) is 11.8 Å². The standard InChI is InChI=1S/C24H33N7O.HI/c1-19-28-29-23(30(19)2)18-27-24(25-16-20-10-5-3-6-11-20)26-17-21(22-12-9-15-32-22)31-13-7-4-8-14-31;/h3,5-6,9-12,15,21H,4,7-8,13-14,16-18H2,1-2H3,(H2,25,26,27);1H. The molecule has 8 nitrogen and oxygen atoms in total. The summed E-state index contributed by atoms with van der Waals surface area (Å²) in [6.07, 6.45) is 5.52. The molecule has 0 radical (unpaired) electrons. The molecule has 1 fully saturated rings. The summed E-state index contributed by atoms with van der Waals surface area (Å²) in [4.78, 5) is 7.34. The molecule has 0 aliphatic carbocycles. The zero-order chi connectivity index (χ0) is 22.2. The Hall–Kier alpha value is -2.40. The van der Waals surface area contributed by atoms with Crippen molar-refractivity contribution in [2.45, 2.75) is 45.3 Å². The molecule has 2 N–H and O–H groups in total. The Balaban J connectivity index is 0.00000306. The molecule has 2 aromatic heterocycles. The number of rotatable bonds is 8. The van der Waals surface area contributed by atoms with Gasteiger partial charge in [0, 0.05) is 13.6 Å². The van der Waals surface area contributed by atoms with Gasteiger partial charge in [-0.1, -0.05) is 36.8 Å². The van der Waals surface area contributed by atoms with Gasteiger partial charge in [0.25, 0.3) is 0 Å². The molecule has 9 heteroatoms. The van der Waals surface area contributed by atoms with Crippen LogP contribution in [0.15, 0.2) is 58.1 Å². The highest BCUT2D eigenvalue weighted by molar-refractivity contribution is 14.0. The second-order valence-electron chi connectivity index (χ2n) is 8.24. The molecule has 1 aliphatic rings. The molecule has 1 atom stereocenters. The monoisotopic (exact) mass is 563 g/mol. The van der Waals surface area contributed by atoms with Crippen molar-refractivity contribution in [2.24, 2.45) is 12.0 Å². The number of aliphatic imine (C=N–C) groups is 1. The molecule has 0 bridgehead atoms. The summed E-state index contributed by atoms with van der Waals surface area (Å²) in [5, 5.41) is 15.4. The van der Waals surface area contributed by atoms with Crippen molar-refractivity contribution in [1.82, 2.24) is 30.3 Å². The van der Waals surface area contributed by atoms with Crippen molar-refractivity contribution in [3.05, 3.63) is 71.7 Å². The number of guanidine groups is 1. The molecule has 0 saturated carbocycles. The Kier molecular flexibility index (Phi) is 9.74. The van der Waals surface area contributed by atoms with Crippen molar-refractivity contribution < 1.29 is 4.42 Å². The maximum atomic E-state index is 5.79. The Bertz CT molecular complexity index is 982. The average Bonchev–Trinajstić information content (AvgIpc) is 3.47. The largest absolute Gasteiger partial charge is 0.468 e. The van der Waals surface area contributed by atoms with Gasteiger partial charge in [-0.25, -0.2) is 4.99 Å². The van der Waals surface area contributed by atoms with Crippen LogP contribution in [0.2, 0.25) is 0 Å². The number of halogens is 1. The third kappa shape index (κ3) is 7.04. The highest BCUT2D eigenvalue weighted by Crippen LogP contribution is 2.24. The van der Waals surface area contributed by atoms with Crippen molar-refractivity contribution in [1.29, 1.82) is 0 Å². The number of likely N-dealkylation sites (tertiary alicyclic amines) is 1. The lowest BCUT2D eigenvalue weighted by atomic mass is 10.1. The van der Waals surface area contributed by atoms with E-state index in [1.807, 2.05) is 42.8 Å². The van der Waals surface area contributed by atoms with E-state index in [-0.39, 0.29) is 30.0 Å². The summed E-state index contributed by atoms with van der Waals surface area (Å²) in [5.74, 6) is 3.50. The summed E-state index contributed by atoms with van der Waals surface area (Å²) in [5.41, 5.74) is 1.17. The smallest absolute Gasteiger partial charge is 0.192 e. The van der Waals surface area contributed by atoms with Crippen LogP contribution >= 0.6 is 24.0 Å². The molecule has 178 valence electrons. The molecule has 1 aliphatic heterocycles. The van der Waals surface area contributed by atoms with E-state index in [0.29, 0.717) is 19.6 Å². The number of hydrogen-bond acceptors (Lipinski definition) is 5. The van der Waals surface area contributed by atoms with Gasteiger partial charge in [-0.15, -0.1) is 34.2 Å². The normalized spacial score (nSPS) is 15.6. The van der Waals surface area contributed by atoms with E-state index in [0.717, 1.165) is 36.5 Å². The number of piperidine rings is 1. The fourth-order valence-electron chi connectivity index (χ4n) is 4.01. The minimum absolute atomic E-state index is 0. The number of hydrogen-bond donors (Lipinski definition) is 2. The SMILES string of the molecule is Cc1nnc(CNC(=NCc2ccccc2)NCC(c2ccco2)N2CCCCC2)n1C.I. The van der Waals surface area contributed by atoms with E-state index in [2.05, 4.69) is 43.9 Å². The first-order valence-corrected chi connectivity index (χ1v) is 11.4. The molecule has 4 rings (SSSR count). The maximum Gasteiger partial charge on any atom is 0.192 e. The molecule has 0 amide bonds. The minimum atomic E-state index is 0. The van der Waals surface area contributed by atoms with Gasteiger partial charge < -0.3 is 19.6 Å². The number of nitrogens with one attached hydrogen (secondary N) is 2. The minimum Gasteiger partial charge on any atom is -0.468 e. The molecular weight excluding hydrogens is 529 g/mol. The van der Waals surface area contributed by atoms with Gasteiger partial charge in [0.05, 0.1) is 25.4 Å². The third-order valence-electron chi connectivity index (χ3n) is 6.03. The first kappa shape index (κ1) is 25.2. The van der Waals surface area contributed by atoms with E-state index in [9.17, 15) is 0 Å². The molecule has 3 heterocycles. The van der Waals surface area contributed by atoms with E-state index in [4.69, 9.17) is 9.41 Å². The summed E-state index contributed by atoms with van der Waals surface area (Å²) in [6, 6.07) is 14.5. The van der Waals surface area contributed by atoms with Crippen LogP contribution in [-0.4, -0.2) is 45.3 Å². The Morgan fingerprint density at radius 3 is 2.52 bits per heavy atom. The number of furan rings is 1. The van der Waals surface area contributed by atoms with Crippen LogP contribution in [0.4, 0.5) is 0 Å². The van der Waals surface area contributed by atoms with Gasteiger partial charge in [-0.3, -0.25) is 4.90 Å². The predicted octanol–water partition coefficient (Wildman–Crippen LogP) is 3.80. The van der Waals surface area contributed by atoms with Crippen LogP contribution in [0.3, 0.4) is 0 Å². The van der Waals surface area contributed by atoms with E-state index in [1.54, 1.807) is 6.26 Å². The number of nitrogens with zero attached hydrogens (tertiary/aromatic N) is 5. The highest BCUT2D eigenvalue weighted by atomic mass is 127. The van der Waals surface area contributed by atoms with E-state index in [1.165, 1.54) is 24.8 Å². The summed E-state index contributed by atoms with van der Waals surface area (Å²) < 4.78 is 7.78. The predicted molar refractivity (Wildman–Crippen MR) is 140 cm³/mol. The van der Waals surface area contributed by atoms with E-state index < -0.39 is 0 Å². The molecule has 0 spiro atoms. The summed E-state index contributed by atoms with van der Waals surface area (Å²) in [6.45, 7) is 6.00. The fourth-order valence-corrected chi connectivity index (χ4v) is 4.01. The summed E-state index contributed by atoms with van der Waals surface area (Å²) in [7, 11) is 1.98. The highest BCUT2D eigenvalue weighted by Gasteiger charge is 2.24. The van der Waals surface area contributed by atoms with Gasteiger partial charge >= 0.3 is 0 Å². The van der Waals surface area contributed by atoms with Crippen molar-refractivity contribution in [3.63, 3.8) is 0 Å². The van der Waals surface area contributed by atoms with E-state index >= 15 is 0 Å². The summed E-state index contributed by atoms with van der Waals surface area (Å²) >= 11 is 0. The lowest BCUT2D eigenvalue weighted by Crippen LogP contribution is -2.44. The zero-order valence-corrected chi connectivity index (χ0v) is 21.7. The van der Waals surface area contributed by atoms with Gasteiger partial charge in [0.2, 0.25) is 0 Å². The van der Waals surface area contributed by atoms with Crippen LogP contribution in [0, 0.1) is 6.92 Å². The molecular formula is C24H34IN7O. The lowest BCUT2D eigenvalue weighted by Gasteiger charge is -2.33. The van der Waals surface area contributed by atoms with Crippen molar-refractivity contribution in [2.75, 3.05) is 19.6 Å². The first-order chi connectivity index (χ1) is 15.7. The molecule has 1 unspecified atom stereocenters. The number of benzene rings is 1. The second kappa shape index (κ2) is 12.7. The van der Waals surface area contributed by atoms with Crippen molar-refractivity contribution >= 4 is 29.9 Å². The van der Waals surface area contributed by atoms with Gasteiger partial charge in [-0.2, -0.15) is 0 Å². The second-order valence-corrected chi connectivity index (χ2v) is 8.24. The maximum absolute atomic E-state index is 5.79. The number of aromatic nitrogens is 3. The first-order valence-electron chi connectivity index (χ1n) is 11.4. The van der Waals surface area contributed by atoms with Crippen LogP contribution in [0.25, 0.3) is 0 Å². The lowest BCUT2D eigenvalue weighted by molar-refractivity contribution is 0.146. The Morgan fingerprint density at radius 1 is 1.06 bits per heavy atom. The molecule has 33 heavy (non-hydrogen) atoms. The fraction of sp³-hybridized carbons (Fsp3) is 0.458. The molecule has 3 aromatic rings. The van der Waals surface area contributed by atoms with Crippen LogP contribution < -0.4 is 10.6 Å². The average molecular weight is 563 g/mol. The Labute approximate surface area is 212 Å². The quantitative estimate of drug-likeness (QED) is 0.247. The van der Waals surface area contributed by atoms with Gasteiger partial charge in [-0.05, 0) is 50.6 Å². The van der Waals surface area contributed by atoms with Crippen LogP contribution in [0.5, 0.6) is 0 Å².